The smallest absolute Gasteiger partial charge is 0.135 e. The summed E-state index contributed by atoms with van der Waals surface area (Å²) in [4.78, 5) is 0. The van der Waals surface area contributed by atoms with E-state index >= 15 is 0 Å². The molecule has 0 amide bonds. The Hall–Kier alpha value is -5.14. The van der Waals surface area contributed by atoms with Crippen LogP contribution < -0.4 is 4.74 Å². The first-order chi connectivity index (χ1) is 19.3. The van der Waals surface area contributed by atoms with E-state index in [1.54, 1.807) is 0 Å². The van der Waals surface area contributed by atoms with Gasteiger partial charge in [0.05, 0.1) is 0 Å². The quantitative estimate of drug-likeness (QED) is 0.217. The van der Waals surface area contributed by atoms with Gasteiger partial charge in [-0.25, -0.2) is 0 Å². The third-order valence-electron chi connectivity index (χ3n) is 8.40. The summed E-state index contributed by atoms with van der Waals surface area (Å²) in [6.45, 7) is 0. The van der Waals surface area contributed by atoms with E-state index in [1.165, 1.54) is 70.9 Å². The standard InChI is InChI=1S/C38H22O/c1-6-24-16-17-26-18-20-29(31-21-19-25(7-1)35(24)37(26)31)27-10-2-11-28(22-27)30-12-5-15-34-38(30)32-13-3-8-23-9-4-14-33(39-34)36(23)32/h1-22H. The molecule has 0 unspecified atom stereocenters. The molecule has 0 spiro atoms. The molecule has 180 valence electrons. The van der Waals surface area contributed by atoms with Gasteiger partial charge in [0.15, 0.2) is 0 Å². The molecule has 8 aromatic rings. The van der Waals surface area contributed by atoms with Gasteiger partial charge in [-0.3, -0.25) is 0 Å². The largest absolute Gasteiger partial charge is 0.456 e. The molecule has 1 nitrogen and oxygen atoms in total. The molecule has 0 bridgehead atoms. The Bertz CT molecular complexity index is 2230. The van der Waals surface area contributed by atoms with Gasteiger partial charge in [0, 0.05) is 10.9 Å². The van der Waals surface area contributed by atoms with Crippen molar-refractivity contribution < 1.29 is 4.74 Å². The van der Waals surface area contributed by atoms with Crippen molar-refractivity contribution in [3.05, 3.63) is 133 Å². The van der Waals surface area contributed by atoms with Crippen LogP contribution >= 0.6 is 0 Å². The Labute approximate surface area is 225 Å². The molecule has 0 aromatic heterocycles. The van der Waals surface area contributed by atoms with Crippen LogP contribution in [0.25, 0.3) is 76.5 Å². The second-order valence-electron chi connectivity index (χ2n) is 10.5. The van der Waals surface area contributed by atoms with Crippen molar-refractivity contribution in [2.75, 3.05) is 0 Å². The van der Waals surface area contributed by atoms with Crippen LogP contribution in [0.15, 0.2) is 133 Å². The summed E-state index contributed by atoms with van der Waals surface area (Å²) in [7, 11) is 0. The molecule has 0 radical (unpaired) electrons. The summed E-state index contributed by atoms with van der Waals surface area (Å²) in [5.74, 6) is 1.84. The lowest BCUT2D eigenvalue weighted by atomic mass is 9.87. The Kier molecular flexibility index (Phi) is 4.11. The fourth-order valence-electron chi connectivity index (χ4n) is 6.69. The highest BCUT2D eigenvalue weighted by Gasteiger charge is 2.23. The van der Waals surface area contributed by atoms with E-state index in [4.69, 9.17) is 4.74 Å². The molecule has 8 aromatic carbocycles. The highest BCUT2D eigenvalue weighted by atomic mass is 16.5. The van der Waals surface area contributed by atoms with E-state index in [0.717, 1.165) is 17.1 Å². The summed E-state index contributed by atoms with van der Waals surface area (Å²) < 4.78 is 6.45. The Morgan fingerprint density at radius 3 is 1.77 bits per heavy atom. The predicted octanol–water partition coefficient (Wildman–Crippen LogP) is 10.8. The molecule has 0 fully saturated rings. The van der Waals surface area contributed by atoms with E-state index in [9.17, 15) is 0 Å². The minimum Gasteiger partial charge on any atom is -0.456 e. The summed E-state index contributed by atoms with van der Waals surface area (Å²) in [6, 6.07) is 48.4. The van der Waals surface area contributed by atoms with Crippen LogP contribution in [-0.4, -0.2) is 0 Å². The van der Waals surface area contributed by atoms with Crippen LogP contribution in [0.5, 0.6) is 11.5 Å². The van der Waals surface area contributed by atoms with Gasteiger partial charge in [-0.1, -0.05) is 115 Å². The van der Waals surface area contributed by atoms with Crippen LogP contribution in [0.4, 0.5) is 0 Å². The molecule has 1 heteroatoms. The van der Waals surface area contributed by atoms with Gasteiger partial charge in [0.2, 0.25) is 0 Å². The molecule has 1 aliphatic rings. The zero-order valence-electron chi connectivity index (χ0n) is 21.1. The van der Waals surface area contributed by atoms with Crippen LogP contribution in [-0.2, 0) is 0 Å². The molecule has 0 saturated carbocycles. The maximum Gasteiger partial charge on any atom is 0.135 e. The first-order valence-corrected chi connectivity index (χ1v) is 13.4. The molecule has 0 aliphatic carbocycles. The lowest BCUT2D eigenvalue weighted by Crippen LogP contribution is -1.98. The fourth-order valence-corrected chi connectivity index (χ4v) is 6.69. The summed E-state index contributed by atoms with van der Waals surface area (Å²) >= 11 is 0. The minimum atomic E-state index is 0.909. The zero-order valence-corrected chi connectivity index (χ0v) is 21.1. The first kappa shape index (κ1) is 20.9. The Morgan fingerprint density at radius 1 is 0.359 bits per heavy atom. The van der Waals surface area contributed by atoms with Gasteiger partial charge >= 0.3 is 0 Å². The van der Waals surface area contributed by atoms with Crippen molar-refractivity contribution in [2.24, 2.45) is 0 Å². The van der Waals surface area contributed by atoms with E-state index in [1.807, 2.05) is 0 Å². The molecule has 1 heterocycles. The van der Waals surface area contributed by atoms with E-state index in [0.29, 0.717) is 0 Å². The molecule has 0 saturated heterocycles. The van der Waals surface area contributed by atoms with Crippen molar-refractivity contribution in [3.63, 3.8) is 0 Å². The highest BCUT2D eigenvalue weighted by Crippen LogP contribution is 2.50. The van der Waals surface area contributed by atoms with Crippen molar-refractivity contribution in [3.8, 4) is 44.9 Å². The predicted molar refractivity (Wildman–Crippen MR) is 164 cm³/mol. The lowest BCUT2D eigenvalue weighted by Gasteiger charge is -2.24. The summed E-state index contributed by atoms with van der Waals surface area (Å²) in [5.41, 5.74) is 7.25. The van der Waals surface area contributed by atoms with Crippen LogP contribution in [0.2, 0.25) is 0 Å². The fraction of sp³-hybridized carbons (Fsp3) is 0. The van der Waals surface area contributed by atoms with Crippen molar-refractivity contribution >= 4 is 43.1 Å². The number of benzene rings is 8. The topological polar surface area (TPSA) is 9.23 Å². The van der Waals surface area contributed by atoms with Gasteiger partial charge in [-0.15, -0.1) is 0 Å². The summed E-state index contributed by atoms with van der Waals surface area (Å²) in [5, 5.41) is 10.3. The second kappa shape index (κ2) is 7.69. The first-order valence-electron chi connectivity index (χ1n) is 13.4. The normalized spacial score (nSPS) is 12.3. The van der Waals surface area contributed by atoms with Crippen molar-refractivity contribution in [1.29, 1.82) is 0 Å². The zero-order chi connectivity index (χ0) is 25.5. The van der Waals surface area contributed by atoms with Crippen LogP contribution in [0.1, 0.15) is 0 Å². The van der Waals surface area contributed by atoms with Gasteiger partial charge < -0.3 is 4.74 Å². The van der Waals surface area contributed by atoms with Gasteiger partial charge in [0.25, 0.3) is 0 Å². The Morgan fingerprint density at radius 2 is 0.923 bits per heavy atom. The average molecular weight is 495 g/mol. The van der Waals surface area contributed by atoms with E-state index in [2.05, 4.69) is 133 Å². The molecular formula is C38H22O. The summed E-state index contributed by atoms with van der Waals surface area (Å²) in [6.07, 6.45) is 0. The van der Waals surface area contributed by atoms with Crippen molar-refractivity contribution in [2.45, 2.75) is 0 Å². The van der Waals surface area contributed by atoms with Crippen LogP contribution in [0, 0.1) is 0 Å². The van der Waals surface area contributed by atoms with E-state index < -0.39 is 0 Å². The molecular weight excluding hydrogens is 472 g/mol. The minimum absolute atomic E-state index is 0.909. The lowest BCUT2D eigenvalue weighted by molar-refractivity contribution is 0.487. The Balaban J connectivity index is 1.28. The molecule has 39 heavy (non-hydrogen) atoms. The molecule has 1 aliphatic heterocycles. The number of hydrogen-bond acceptors (Lipinski definition) is 1. The third kappa shape index (κ3) is 2.90. The number of rotatable bonds is 2. The van der Waals surface area contributed by atoms with Gasteiger partial charge in [-0.05, 0) is 83.7 Å². The molecule has 9 rings (SSSR count). The maximum absolute atomic E-state index is 6.45. The van der Waals surface area contributed by atoms with Crippen molar-refractivity contribution in [1.82, 2.24) is 0 Å². The highest BCUT2D eigenvalue weighted by molar-refractivity contribution is 6.25. The third-order valence-corrected chi connectivity index (χ3v) is 8.40. The monoisotopic (exact) mass is 494 g/mol. The average Bonchev–Trinajstić information content (AvgIpc) is 3.00. The van der Waals surface area contributed by atoms with Crippen LogP contribution in [0.3, 0.4) is 0 Å². The number of hydrogen-bond donors (Lipinski definition) is 0. The second-order valence-corrected chi connectivity index (χ2v) is 10.5. The number of ether oxygens (including phenoxy) is 1. The molecule has 0 N–H and O–H groups in total. The SMILES string of the molecule is c1cc(-c2cccc3c2-c2cccc4cccc(c24)O3)cc(-c2ccc3ccc4cccc5ccc2c3c45)c1. The van der Waals surface area contributed by atoms with Gasteiger partial charge in [0.1, 0.15) is 11.5 Å². The maximum atomic E-state index is 6.45. The van der Waals surface area contributed by atoms with E-state index in [-0.39, 0.29) is 0 Å². The van der Waals surface area contributed by atoms with Gasteiger partial charge in [-0.2, -0.15) is 0 Å². The molecule has 0 atom stereocenters. The number of fused-ring (bicyclic) bond motifs is 2.